The maximum absolute atomic E-state index is 10.6. The summed E-state index contributed by atoms with van der Waals surface area (Å²) in [5, 5.41) is 8.74. The molecule has 66 valence electrons. The van der Waals surface area contributed by atoms with E-state index < -0.39 is 5.97 Å². The van der Waals surface area contributed by atoms with Crippen molar-refractivity contribution in [1.82, 2.24) is 4.90 Å². The highest BCUT2D eigenvalue weighted by Crippen LogP contribution is 2.19. The van der Waals surface area contributed by atoms with Gasteiger partial charge in [-0.2, -0.15) is 0 Å². The highest BCUT2D eigenvalue weighted by atomic mass is 16.4. The van der Waals surface area contributed by atoms with Crippen LogP contribution in [-0.2, 0) is 4.79 Å². The second-order valence-electron chi connectivity index (χ2n) is 2.93. The quantitative estimate of drug-likeness (QED) is 0.626. The molecule has 1 aliphatic rings. The van der Waals surface area contributed by atoms with Crippen LogP contribution in [0.25, 0.3) is 0 Å². The van der Waals surface area contributed by atoms with E-state index in [0.29, 0.717) is 5.70 Å². The molecular weight excluding hydrogens is 154 g/mol. The van der Waals surface area contributed by atoms with Gasteiger partial charge in [0.25, 0.3) is 0 Å². The fourth-order valence-electron chi connectivity index (χ4n) is 1.40. The maximum Gasteiger partial charge on any atom is 0.351 e. The van der Waals surface area contributed by atoms with Crippen molar-refractivity contribution in [3.8, 4) is 0 Å². The Balaban J connectivity index is 2.74. The Kier molecular flexibility index (Phi) is 2.53. The van der Waals surface area contributed by atoms with Gasteiger partial charge in [-0.25, -0.2) is 4.79 Å². The largest absolute Gasteiger partial charge is 0.477 e. The SMILES string of the molecule is C/C=C/C1C=C(C(=O)O)N(C)C1. The minimum Gasteiger partial charge on any atom is -0.477 e. The molecule has 1 atom stereocenters. The lowest BCUT2D eigenvalue weighted by Gasteiger charge is -2.12. The highest BCUT2D eigenvalue weighted by Gasteiger charge is 2.22. The number of hydrogen-bond acceptors (Lipinski definition) is 2. The molecule has 0 fully saturated rings. The lowest BCUT2D eigenvalue weighted by molar-refractivity contribution is -0.134. The second kappa shape index (κ2) is 3.43. The summed E-state index contributed by atoms with van der Waals surface area (Å²) in [6.45, 7) is 2.71. The molecule has 3 heteroatoms. The Morgan fingerprint density at radius 1 is 1.83 bits per heavy atom. The van der Waals surface area contributed by atoms with Gasteiger partial charge in [-0.1, -0.05) is 12.2 Å². The molecule has 1 N–H and O–H groups in total. The number of allylic oxidation sites excluding steroid dienone is 1. The van der Waals surface area contributed by atoms with Crippen molar-refractivity contribution in [2.75, 3.05) is 13.6 Å². The van der Waals surface area contributed by atoms with Crippen LogP contribution in [0.3, 0.4) is 0 Å². The van der Waals surface area contributed by atoms with Gasteiger partial charge in [0.05, 0.1) is 0 Å². The van der Waals surface area contributed by atoms with Crippen LogP contribution in [0.2, 0.25) is 0 Å². The Morgan fingerprint density at radius 3 is 2.92 bits per heavy atom. The standard InChI is InChI=1S/C9H13NO2/c1-3-4-7-5-8(9(11)12)10(2)6-7/h3-5,7H,6H2,1-2H3,(H,11,12)/b4-3+. The Hall–Kier alpha value is -1.25. The molecule has 0 radical (unpaired) electrons. The molecule has 0 saturated heterocycles. The van der Waals surface area contributed by atoms with Crippen LogP contribution in [0.5, 0.6) is 0 Å². The van der Waals surface area contributed by atoms with Gasteiger partial charge >= 0.3 is 5.97 Å². The second-order valence-corrected chi connectivity index (χ2v) is 2.93. The van der Waals surface area contributed by atoms with E-state index in [0.717, 1.165) is 6.54 Å². The summed E-state index contributed by atoms with van der Waals surface area (Å²) in [7, 11) is 1.80. The molecule has 0 saturated carbocycles. The van der Waals surface area contributed by atoms with Crippen LogP contribution in [0.15, 0.2) is 23.9 Å². The van der Waals surface area contributed by atoms with Crippen molar-refractivity contribution in [2.24, 2.45) is 5.92 Å². The molecule has 1 heterocycles. The van der Waals surface area contributed by atoms with E-state index in [9.17, 15) is 4.79 Å². The molecule has 0 aliphatic carbocycles. The predicted octanol–water partition coefficient (Wildman–Crippen LogP) is 1.09. The summed E-state index contributed by atoms with van der Waals surface area (Å²) in [5.41, 5.74) is 0.401. The number of nitrogens with zero attached hydrogens (tertiary/aromatic N) is 1. The average Bonchev–Trinajstić information content (AvgIpc) is 2.32. The number of rotatable bonds is 2. The summed E-state index contributed by atoms with van der Waals surface area (Å²) in [4.78, 5) is 12.4. The predicted molar refractivity (Wildman–Crippen MR) is 46.7 cm³/mol. The first kappa shape index (κ1) is 8.84. The molecule has 1 aliphatic heterocycles. The van der Waals surface area contributed by atoms with Gasteiger partial charge in [-0.05, 0) is 13.0 Å². The number of hydrogen-bond donors (Lipinski definition) is 1. The van der Waals surface area contributed by atoms with Crippen molar-refractivity contribution in [3.63, 3.8) is 0 Å². The zero-order chi connectivity index (χ0) is 9.14. The van der Waals surface area contributed by atoms with Gasteiger partial charge in [-0.3, -0.25) is 0 Å². The van der Waals surface area contributed by atoms with Crippen LogP contribution < -0.4 is 0 Å². The molecule has 1 rings (SSSR count). The summed E-state index contributed by atoms with van der Waals surface area (Å²) in [6, 6.07) is 0. The van der Waals surface area contributed by atoms with Crippen molar-refractivity contribution in [1.29, 1.82) is 0 Å². The van der Waals surface area contributed by atoms with E-state index in [4.69, 9.17) is 5.11 Å². The molecule has 0 spiro atoms. The van der Waals surface area contributed by atoms with E-state index in [1.54, 1.807) is 18.0 Å². The normalized spacial score (nSPS) is 23.3. The zero-order valence-corrected chi connectivity index (χ0v) is 7.32. The van der Waals surface area contributed by atoms with Gasteiger partial charge < -0.3 is 10.0 Å². The van der Waals surface area contributed by atoms with E-state index in [1.165, 1.54) is 0 Å². The van der Waals surface area contributed by atoms with E-state index in [2.05, 4.69) is 0 Å². The minimum absolute atomic E-state index is 0.256. The van der Waals surface area contributed by atoms with Crippen LogP contribution in [0.1, 0.15) is 6.92 Å². The molecule has 0 aromatic rings. The zero-order valence-electron chi connectivity index (χ0n) is 7.32. The van der Waals surface area contributed by atoms with Crippen molar-refractivity contribution < 1.29 is 9.90 Å². The fourth-order valence-corrected chi connectivity index (χ4v) is 1.40. The molecule has 12 heavy (non-hydrogen) atoms. The summed E-state index contributed by atoms with van der Waals surface area (Å²) >= 11 is 0. The molecule has 0 aromatic heterocycles. The van der Waals surface area contributed by atoms with Crippen LogP contribution in [0.4, 0.5) is 0 Å². The first-order chi connectivity index (χ1) is 5.65. The number of aliphatic carboxylic acids is 1. The third-order valence-corrected chi connectivity index (χ3v) is 1.93. The molecule has 0 amide bonds. The maximum atomic E-state index is 10.6. The monoisotopic (exact) mass is 167 g/mol. The first-order valence-corrected chi connectivity index (χ1v) is 3.94. The Morgan fingerprint density at radius 2 is 2.50 bits per heavy atom. The van der Waals surface area contributed by atoms with Crippen molar-refractivity contribution in [2.45, 2.75) is 6.92 Å². The van der Waals surface area contributed by atoms with Crippen LogP contribution in [0, 0.1) is 5.92 Å². The van der Waals surface area contributed by atoms with Gasteiger partial charge in [0.15, 0.2) is 0 Å². The van der Waals surface area contributed by atoms with Crippen LogP contribution in [-0.4, -0.2) is 29.6 Å². The minimum atomic E-state index is -0.843. The van der Waals surface area contributed by atoms with Gasteiger partial charge in [0.2, 0.25) is 0 Å². The van der Waals surface area contributed by atoms with E-state index in [-0.39, 0.29) is 5.92 Å². The number of carboxylic acid groups (broad SMARTS) is 1. The van der Waals surface area contributed by atoms with Crippen LogP contribution >= 0.6 is 0 Å². The Labute approximate surface area is 72.0 Å². The summed E-state index contributed by atoms with van der Waals surface area (Å²) < 4.78 is 0. The number of carboxylic acids is 1. The molecule has 1 unspecified atom stereocenters. The molecule has 0 aromatic carbocycles. The Bertz CT molecular complexity index is 243. The third kappa shape index (κ3) is 1.67. The summed E-state index contributed by atoms with van der Waals surface area (Å²) in [5.74, 6) is -0.587. The van der Waals surface area contributed by atoms with Crippen molar-refractivity contribution in [3.05, 3.63) is 23.9 Å². The van der Waals surface area contributed by atoms with Crippen molar-refractivity contribution >= 4 is 5.97 Å². The molecule has 3 nitrogen and oxygen atoms in total. The summed E-state index contributed by atoms with van der Waals surface area (Å²) in [6.07, 6.45) is 5.73. The lowest BCUT2D eigenvalue weighted by atomic mass is 10.1. The fraction of sp³-hybridized carbons (Fsp3) is 0.444. The van der Waals surface area contributed by atoms with Gasteiger partial charge in [0, 0.05) is 19.5 Å². The van der Waals surface area contributed by atoms with E-state index >= 15 is 0 Å². The van der Waals surface area contributed by atoms with E-state index in [1.807, 2.05) is 19.1 Å². The van der Waals surface area contributed by atoms with Gasteiger partial charge in [0.1, 0.15) is 5.70 Å². The third-order valence-electron chi connectivity index (χ3n) is 1.93. The lowest BCUT2D eigenvalue weighted by Crippen LogP contribution is -2.20. The average molecular weight is 167 g/mol. The van der Waals surface area contributed by atoms with Gasteiger partial charge in [-0.15, -0.1) is 0 Å². The number of likely N-dealkylation sites (N-methyl/N-ethyl adjacent to an activating group) is 1. The smallest absolute Gasteiger partial charge is 0.351 e. The molecular formula is C9H13NO2. The molecule has 0 bridgehead atoms. The topological polar surface area (TPSA) is 40.5 Å². The number of carbonyl (C=O) groups is 1. The first-order valence-electron chi connectivity index (χ1n) is 3.94. The highest BCUT2D eigenvalue weighted by molar-refractivity contribution is 5.86.